The van der Waals surface area contributed by atoms with Crippen molar-refractivity contribution in [3.63, 3.8) is 0 Å². The Hall–Kier alpha value is -0.770. The average Bonchev–Trinajstić information content (AvgIpc) is 2.31. The van der Waals surface area contributed by atoms with Crippen LogP contribution < -0.4 is 10.9 Å². The standard InChI is InChI=1S/C17H30N2O2/c1-16(2,3)21-15(20)19-18-5-4-17-9-12-6-13(10-17)8-14(7-12)11-17/h12-14,18H,4-11H2,1-3H3,(H,19,20). The van der Waals surface area contributed by atoms with Crippen LogP contribution in [0.15, 0.2) is 0 Å². The van der Waals surface area contributed by atoms with Crippen molar-refractivity contribution in [2.24, 2.45) is 23.2 Å². The minimum absolute atomic E-state index is 0.381. The maximum absolute atomic E-state index is 11.6. The van der Waals surface area contributed by atoms with Crippen molar-refractivity contribution in [2.45, 2.75) is 71.3 Å². The summed E-state index contributed by atoms with van der Waals surface area (Å²) in [4.78, 5) is 11.6. The summed E-state index contributed by atoms with van der Waals surface area (Å²) in [7, 11) is 0. The Bertz CT molecular complexity index is 365. The fraction of sp³-hybridized carbons (Fsp3) is 0.941. The number of hydrogen-bond donors (Lipinski definition) is 2. The summed E-state index contributed by atoms with van der Waals surface area (Å²) < 4.78 is 5.22. The summed E-state index contributed by atoms with van der Waals surface area (Å²) in [6.45, 7) is 6.48. The van der Waals surface area contributed by atoms with Gasteiger partial charge in [-0.3, -0.25) is 5.43 Å². The first-order valence-electron chi connectivity index (χ1n) is 8.55. The van der Waals surface area contributed by atoms with Gasteiger partial charge in [0.05, 0.1) is 0 Å². The Morgan fingerprint density at radius 1 is 1.10 bits per heavy atom. The molecule has 2 N–H and O–H groups in total. The van der Waals surface area contributed by atoms with Crippen LogP contribution >= 0.6 is 0 Å². The molecule has 0 unspecified atom stereocenters. The molecule has 120 valence electrons. The van der Waals surface area contributed by atoms with Crippen molar-refractivity contribution in [3.05, 3.63) is 0 Å². The monoisotopic (exact) mass is 294 g/mol. The van der Waals surface area contributed by atoms with Gasteiger partial charge in [-0.05, 0) is 88.9 Å². The second-order valence-electron chi connectivity index (χ2n) is 8.72. The van der Waals surface area contributed by atoms with Crippen molar-refractivity contribution < 1.29 is 9.53 Å². The van der Waals surface area contributed by atoms with Gasteiger partial charge in [0.2, 0.25) is 0 Å². The molecule has 21 heavy (non-hydrogen) atoms. The minimum atomic E-state index is -0.439. The molecule has 4 bridgehead atoms. The van der Waals surface area contributed by atoms with Crippen molar-refractivity contribution >= 4 is 6.09 Å². The molecular weight excluding hydrogens is 264 g/mol. The van der Waals surface area contributed by atoms with Crippen LogP contribution in [-0.4, -0.2) is 18.2 Å². The van der Waals surface area contributed by atoms with Crippen LogP contribution in [0.25, 0.3) is 0 Å². The fourth-order valence-corrected chi connectivity index (χ4v) is 5.36. The molecule has 0 aromatic rings. The number of hydrazine groups is 1. The number of nitrogens with one attached hydrogen (secondary N) is 2. The van der Waals surface area contributed by atoms with E-state index in [1.807, 2.05) is 20.8 Å². The Balaban J connectivity index is 1.41. The van der Waals surface area contributed by atoms with Crippen LogP contribution in [0.5, 0.6) is 0 Å². The molecule has 4 heteroatoms. The van der Waals surface area contributed by atoms with E-state index in [0.29, 0.717) is 5.41 Å². The summed E-state index contributed by atoms with van der Waals surface area (Å²) in [6.07, 6.45) is 9.54. The molecule has 0 atom stereocenters. The lowest BCUT2D eigenvalue weighted by Gasteiger charge is -2.57. The predicted octanol–water partition coefficient (Wildman–Crippen LogP) is 3.62. The molecule has 0 radical (unpaired) electrons. The summed E-state index contributed by atoms with van der Waals surface area (Å²) in [6, 6.07) is 0. The predicted molar refractivity (Wildman–Crippen MR) is 82.6 cm³/mol. The molecule has 4 aliphatic rings. The van der Waals surface area contributed by atoms with Crippen molar-refractivity contribution in [1.82, 2.24) is 10.9 Å². The van der Waals surface area contributed by atoms with E-state index >= 15 is 0 Å². The maximum Gasteiger partial charge on any atom is 0.422 e. The first kappa shape index (κ1) is 15.1. The zero-order chi connectivity index (χ0) is 15.1. The van der Waals surface area contributed by atoms with Gasteiger partial charge in [-0.25, -0.2) is 10.2 Å². The van der Waals surface area contributed by atoms with Crippen molar-refractivity contribution in [2.75, 3.05) is 6.54 Å². The Morgan fingerprint density at radius 3 is 2.10 bits per heavy atom. The lowest BCUT2D eigenvalue weighted by atomic mass is 9.49. The highest BCUT2D eigenvalue weighted by molar-refractivity contribution is 5.66. The highest BCUT2D eigenvalue weighted by Gasteiger charge is 2.50. The summed E-state index contributed by atoms with van der Waals surface area (Å²) >= 11 is 0. The molecule has 4 fully saturated rings. The van der Waals surface area contributed by atoms with E-state index in [1.165, 1.54) is 44.9 Å². The molecule has 0 aliphatic heterocycles. The highest BCUT2D eigenvalue weighted by atomic mass is 16.6. The maximum atomic E-state index is 11.6. The number of carbonyl (C=O) groups is 1. The first-order chi connectivity index (χ1) is 9.84. The zero-order valence-electron chi connectivity index (χ0n) is 13.7. The Labute approximate surface area is 128 Å². The summed E-state index contributed by atoms with van der Waals surface area (Å²) in [5, 5.41) is 0. The average molecular weight is 294 g/mol. The van der Waals surface area contributed by atoms with Gasteiger partial charge in [-0.15, -0.1) is 0 Å². The molecule has 4 saturated carbocycles. The van der Waals surface area contributed by atoms with Crippen molar-refractivity contribution in [1.29, 1.82) is 0 Å². The molecule has 4 rings (SSSR count). The number of amides is 1. The van der Waals surface area contributed by atoms with E-state index in [1.54, 1.807) is 0 Å². The highest BCUT2D eigenvalue weighted by Crippen LogP contribution is 2.61. The molecule has 0 spiro atoms. The second kappa shape index (κ2) is 5.45. The van der Waals surface area contributed by atoms with E-state index < -0.39 is 5.60 Å². The zero-order valence-corrected chi connectivity index (χ0v) is 13.7. The van der Waals surface area contributed by atoms with Gasteiger partial charge in [0.15, 0.2) is 0 Å². The van der Waals surface area contributed by atoms with E-state index in [0.717, 1.165) is 24.3 Å². The van der Waals surface area contributed by atoms with E-state index in [-0.39, 0.29) is 6.09 Å². The van der Waals surface area contributed by atoms with E-state index in [2.05, 4.69) is 10.9 Å². The van der Waals surface area contributed by atoms with Gasteiger partial charge in [0.1, 0.15) is 5.60 Å². The van der Waals surface area contributed by atoms with Gasteiger partial charge >= 0.3 is 6.09 Å². The molecule has 1 amide bonds. The number of carbonyl (C=O) groups excluding carboxylic acids is 1. The van der Waals surface area contributed by atoms with Crippen LogP contribution in [0.2, 0.25) is 0 Å². The van der Waals surface area contributed by atoms with Crippen LogP contribution in [0.3, 0.4) is 0 Å². The number of rotatable bonds is 4. The van der Waals surface area contributed by atoms with Crippen LogP contribution in [0.1, 0.15) is 65.7 Å². The molecule has 4 nitrogen and oxygen atoms in total. The third kappa shape index (κ3) is 3.71. The van der Waals surface area contributed by atoms with E-state index in [4.69, 9.17) is 4.74 Å². The van der Waals surface area contributed by atoms with Gasteiger partial charge in [-0.1, -0.05) is 0 Å². The minimum Gasteiger partial charge on any atom is -0.443 e. The summed E-state index contributed by atoms with van der Waals surface area (Å²) in [5.74, 6) is 2.99. The van der Waals surface area contributed by atoms with Gasteiger partial charge < -0.3 is 4.74 Å². The number of ether oxygens (including phenoxy) is 1. The largest absolute Gasteiger partial charge is 0.443 e. The second-order valence-corrected chi connectivity index (χ2v) is 8.72. The molecule has 0 saturated heterocycles. The molecule has 4 aliphatic carbocycles. The Kier molecular flexibility index (Phi) is 3.93. The molecule has 0 aromatic carbocycles. The quantitative estimate of drug-likeness (QED) is 0.615. The normalized spacial score (nSPS) is 37.6. The summed E-state index contributed by atoms with van der Waals surface area (Å²) in [5.41, 5.74) is 5.85. The topological polar surface area (TPSA) is 50.4 Å². The molecule has 0 heterocycles. The fourth-order valence-electron chi connectivity index (χ4n) is 5.36. The molecule has 0 aromatic heterocycles. The Morgan fingerprint density at radius 2 is 1.62 bits per heavy atom. The van der Waals surface area contributed by atoms with Crippen molar-refractivity contribution in [3.8, 4) is 0 Å². The third-order valence-electron chi connectivity index (χ3n) is 5.53. The SMILES string of the molecule is CC(C)(C)OC(=O)NNCCC12CC3CC(CC(C3)C1)C2. The van der Waals surface area contributed by atoms with Gasteiger partial charge in [0.25, 0.3) is 0 Å². The van der Waals surface area contributed by atoms with Crippen LogP contribution in [0.4, 0.5) is 4.79 Å². The number of hydrogen-bond acceptors (Lipinski definition) is 3. The lowest BCUT2D eigenvalue weighted by Crippen LogP contribution is -2.48. The van der Waals surface area contributed by atoms with Gasteiger partial charge in [-0.2, -0.15) is 0 Å². The smallest absolute Gasteiger partial charge is 0.422 e. The first-order valence-corrected chi connectivity index (χ1v) is 8.55. The van der Waals surface area contributed by atoms with E-state index in [9.17, 15) is 4.79 Å². The van der Waals surface area contributed by atoms with Gasteiger partial charge in [0, 0.05) is 6.54 Å². The van der Waals surface area contributed by atoms with Crippen LogP contribution in [0, 0.1) is 23.2 Å². The third-order valence-corrected chi connectivity index (χ3v) is 5.53. The van der Waals surface area contributed by atoms with Crippen LogP contribution in [-0.2, 0) is 4.74 Å². The lowest BCUT2D eigenvalue weighted by molar-refractivity contribution is -0.0571. The molecular formula is C17H30N2O2.